The first-order chi connectivity index (χ1) is 21.4. The normalized spacial score (nSPS) is 15.3. The van der Waals surface area contributed by atoms with Gasteiger partial charge in [-0.2, -0.15) is 0 Å². The van der Waals surface area contributed by atoms with Crippen LogP contribution in [0, 0.1) is 0 Å². The predicted octanol–water partition coefficient (Wildman–Crippen LogP) is 7.05. The Labute approximate surface area is 273 Å². The van der Waals surface area contributed by atoms with Crippen molar-refractivity contribution >= 4 is 45.5 Å². The number of aryl methyl sites for hydroxylation is 8. The minimum absolute atomic E-state index is 0.982. The summed E-state index contributed by atoms with van der Waals surface area (Å²) in [6.07, 6.45) is 7.86. The van der Waals surface area contributed by atoms with Crippen LogP contribution in [0.4, 0.5) is 0 Å². The van der Waals surface area contributed by atoms with Crippen LogP contribution in [0.2, 0.25) is 0 Å². The predicted molar refractivity (Wildman–Crippen MR) is 193 cm³/mol. The van der Waals surface area contributed by atoms with Crippen molar-refractivity contribution in [2.75, 3.05) is 0 Å². The second-order valence-corrected chi connectivity index (χ2v) is 26.7. The molecule has 0 aliphatic carbocycles. The zero-order valence-corrected chi connectivity index (χ0v) is 32.6. The molecule has 1 fully saturated rings. The molecular weight excluding hydrogens is 658 g/mol. The second-order valence-electron chi connectivity index (χ2n) is 12.1. The summed E-state index contributed by atoms with van der Waals surface area (Å²) in [5, 5.41) is 0. The van der Waals surface area contributed by atoms with E-state index in [0.29, 0.717) is 0 Å². The molecule has 0 spiro atoms. The van der Waals surface area contributed by atoms with E-state index in [1.54, 1.807) is 0 Å². The SMILES string of the molecule is CCc1cccc(CC)[c]1[Ge]1([c]2c(CC)cccc2CC)[O][Ge]([c]2c(CC)cccc2CC)([c]2c(CC)cccc2CC)[O]1. The molecular formula is C40H52Ge2O2. The summed E-state index contributed by atoms with van der Waals surface area (Å²) < 4.78 is 22.5. The zero-order valence-electron chi connectivity index (χ0n) is 28.4. The first-order valence-electron chi connectivity index (χ1n) is 17.3. The van der Waals surface area contributed by atoms with Gasteiger partial charge in [-0.25, -0.2) is 0 Å². The average Bonchev–Trinajstić information content (AvgIpc) is 3.07. The fourth-order valence-corrected chi connectivity index (χ4v) is 41.6. The van der Waals surface area contributed by atoms with Gasteiger partial charge in [0.15, 0.2) is 0 Å². The molecule has 2 nitrogen and oxygen atoms in total. The number of hydrogen-bond acceptors (Lipinski definition) is 2. The third-order valence-corrected chi connectivity index (χ3v) is 35.7. The minimum atomic E-state index is -3.88. The van der Waals surface area contributed by atoms with E-state index in [0.717, 1.165) is 51.4 Å². The number of rotatable bonds is 12. The van der Waals surface area contributed by atoms with Gasteiger partial charge in [0.05, 0.1) is 0 Å². The maximum atomic E-state index is 8.35. The van der Waals surface area contributed by atoms with Crippen molar-refractivity contribution < 1.29 is 5.58 Å². The molecule has 0 bridgehead atoms. The van der Waals surface area contributed by atoms with Crippen molar-refractivity contribution in [3.63, 3.8) is 0 Å². The van der Waals surface area contributed by atoms with Crippen LogP contribution in [0.1, 0.15) is 99.9 Å². The zero-order chi connectivity index (χ0) is 31.5. The molecule has 232 valence electrons. The van der Waals surface area contributed by atoms with Crippen molar-refractivity contribution in [2.45, 2.75) is 107 Å². The molecule has 4 heteroatoms. The van der Waals surface area contributed by atoms with Gasteiger partial charge in [-0.05, 0) is 0 Å². The Morgan fingerprint density at radius 2 is 0.477 bits per heavy atom. The molecule has 0 atom stereocenters. The number of hydrogen-bond donors (Lipinski definition) is 0. The van der Waals surface area contributed by atoms with Crippen LogP contribution in [0.3, 0.4) is 0 Å². The molecule has 4 aromatic carbocycles. The summed E-state index contributed by atoms with van der Waals surface area (Å²) in [4.78, 5) is 0. The molecule has 0 unspecified atom stereocenters. The molecule has 1 heterocycles. The van der Waals surface area contributed by atoms with Crippen molar-refractivity contribution in [3.8, 4) is 0 Å². The Hall–Kier alpha value is -2.11. The first kappa shape index (κ1) is 33.3. The van der Waals surface area contributed by atoms with Crippen molar-refractivity contribution in [3.05, 3.63) is 117 Å². The van der Waals surface area contributed by atoms with Gasteiger partial charge in [-0.15, -0.1) is 0 Å². The molecule has 1 aliphatic heterocycles. The summed E-state index contributed by atoms with van der Waals surface area (Å²) in [5.41, 5.74) is 11.3. The van der Waals surface area contributed by atoms with Crippen LogP contribution in [0.15, 0.2) is 72.8 Å². The first-order valence-corrected chi connectivity index (χ1v) is 24.9. The molecule has 0 amide bonds. The van der Waals surface area contributed by atoms with Gasteiger partial charge >= 0.3 is 275 Å². The summed E-state index contributed by atoms with van der Waals surface area (Å²) in [6, 6.07) is 27.7. The van der Waals surface area contributed by atoms with E-state index >= 15 is 0 Å². The Morgan fingerprint density at radius 1 is 0.318 bits per heavy atom. The Kier molecular flexibility index (Phi) is 10.7. The molecule has 4 aromatic rings. The summed E-state index contributed by atoms with van der Waals surface area (Å²) in [6.45, 7) is 18.4. The molecule has 5 rings (SSSR count). The van der Waals surface area contributed by atoms with E-state index in [1.165, 1.54) is 62.1 Å². The van der Waals surface area contributed by atoms with Gasteiger partial charge in [0.2, 0.25) is 0 Å². The second kappa shape index (κ2) is 14.1. The van der Waals surface area contributed by atoms with Gasteiger partial charge in [0, 0.05) is 0 Å². The van der Waals surface area contributed by atoms with Crippen LogP contribution in [0.25, 0.3) is 0 Å². The van der Waals surface area contributed by atoms with Crippen molar-refractivity contribution in [1.82, 2.24) is 0 Å². The third-order valence-electron chi connectivity index (χ3n) is 9.89. The van der Waals surface area contributed by atoms with E-state index in [4.69, 9.17) is 5.58 Å². The van der Waals surface area contributed by atoms with Gasteiger partial charge < -0.3 is 0 Å². The fraction of sp³-hybridized carbons (Fsp3) is 0.400. The van der Waals surface area contributed by atoms with Crippen LogP contribution in [-0.4, -0.2) is 27.9 Å². The van der Waals surface area contributed by atoms with Crippen LogP contribution in [-0.2, 0) is 56.9 Å². The van der Waals surface area contributed by atoms with E-state index in [9.17, 15) is 0 Å². The molecule has 0 N–H and O–H groups in total. The monoisotopic (exact) mass is 712 g/mol. The summed E-state index contributed by atoms with van der Waals surface area (Å²) >= 11 is -7.76. The average molecular weight is 710 g/mol. The third kappa shape index (κ3) is 5.38. The van der Waals surface area contributed by atoms with Gasteiger partial charge in [-0.1, -0.05) is 0 Å². The molecule has 0 radical (unpaired) electrons. The summed E-state index contributed by atoms with van der Waals surface area (Å²) in [5.74, 6) is 0. The van der Waals surface area contributed by atoms with E-state index in [2.05, 4.69) is 128 Å². The maximum absolute atomic E-state index is 8.35. The van der Waals surface area contributed by atoms with Crippen LogP contribution >= 0.6 is 0 Å². The molecule has 1 saturated heterocycles. The quantitative estimate of drug-likeness (QED) is 0.147. The van der Waals surface area contributed by atoms with Crippen molar-refractivity contribution in [1.29, 1.82) is 0 Å². The van der Waals surface area contributed by atoms with E-state index < -0.39 is 27.9 Å². The Morgan fingerprint density at radius 3 is 0.614 bits per heavy atom. The summed E-state index contributed by atoms with van der Waals surface area (Å²) in [7, 11) is 0. The Balaban J connectivity index is 1.96. The standard InChI is InChI=1S/C40H52Ge2O2/c1-9-29-21-17-22-30(10-2)37(29)41(38-31(11-3)23-18-24-32(38)12-4)43-42(44-41,39-33(13-5)25-19-26-34(39)14-6)40-35(15-7)27-20-28-36(40)16-8/h17-28H,9-16H2,1-8H3. The van der Waals surface area contributed by atoms with Crippen LogP contribution < -0.4 is 17.6 Å². The Bertz CT molecular complexity index is 1290. The molecule has 1 aliphatic rings. The van der Waals surface area contributed by atoms with Crippen molar-refractivity contribution in [2.24, 2.45) is 0 Å². The van der Waals surface area contributed by atoms with Gasteiger partial charge in [0.1, 0.15) is 0 Å². The molecule has 44 heavy (non-hydrogen) atoms. The van der Waals surface area contributed by atoms with E-state index in [1.807, 2.05) is 0 Å². The van der Waals surface area contributed by atoms with Crippen LogP contribution in [0.5, 0.6) is 0 Å². The molecule has 0 aromatic heterocycles. The topological polar surface area (TPSA) is 18.5 Å². The molecule has 0 saturated carbocycles. The fourth-order valence-electron chi connectivity index (χ4n) is 7.73. The van der Waals surface area contributed by atoms with E-state index in [-0.39, 0.29) is 0 Å². The van der Waals surface area contributed by atoms with Gasteiger partial charge in [0.25, 0.3) is 0 Å². The van der Waals surface area contributed by atoms with Gasteiger partial charge in [-0.3, -0.25) is 0 Å². The number of benzene rings is 4.